The van der Waals surface area contributed by atoms with E-state index >= 15 is 0 Å². The average Bonchev–Trinajstić information content (AvgIpc) is 3.28. The molecule has 4 N–H and O–H groups in total. The van der Waals surface area contributed by atoms with E-state index < -0.39 is 17.7 Å². The first-order valence-corrected chi connectivity index (χ1v) is 16.9. The Hall–Kier alpha value is -1.84. The third-order valence-corrected chi connectivity index (χ3v) is 11.9. The summed E-state index contributed by atoms with van der Waals surface area (Å²) in [6.45, 7) is 7.65. The van der Waals surface area contributed by atoms with Crippen LogP contribution in [0, 0.1) is 28.9 Å². The summed E-state index contributed by atoms with van der Waals surface area (Å²) in [6, 6.07) is -0.415. The average molecular weight is 598 g/mol. The number of nitrogens with zero attached hydrogens (tertiary/aromatic N) is 1. The van der Waals surface area contributed by atoms with Gasteiger partial charge in [-0.15, -0.1) is 17.5 Å². The number of carboxylic acids is 1. The molecule has 1 saturated carbocycles. The fraction of sp³-hybridized carbons (Fsp3) is 0.697. The van der Waals surface area contributed by atoms with Gasteiger partial charge in [0.2, 0.25) is 0 Å². The molecule has 6 rings (SSSR count). The molecule has 8 nitrogen and oxygen atoms in total. The van der Waals surface area contributed by atoms with Gasteiger partial charge in [-0.1, -0.05) is 30.6 Å². The molecule has 0 amide bonds. The lowest BCUT2D eigenvalue weighted by Crippen LogP contribution is -2.54. The predicted molar refractivity (Wildman–Crippen MR) is 165 cm³/mol. The minimum absolute atomic E-state index is 0.0235. The van der Waals surface area contributed by atoms with Gasteiger partial charge in [0.15, 0.2) is 5.76 Å². The van der Waals surface area contributed by atoms with Crippen molar-refractivity contribution >= 4 is 17.7 Å². The minimum atomic E-state index is -1.08. The Bertz CT molecular complexity index is 1220. The Morgan fingerprint density at radius 1 is 1.40 bits per heavy atom. The maximum absolute atomic E-state index is 14.0. The summed E-state index contributed by atoms with van der Waals surface area (Å²) in [5, 5.41) is 43.7. The Balaban J connectivity index is 1.15. The molecule has 0 aromatic carbocycles. The normalized spacial score (nSPS) is 42.8. The molecule has 3 heterocycles. The van der Waals surface area contributed by atoms with E-state index in [1.54, 1.807) is 11.8 Å². The number of hydrogen-bond acceptors (Lipinski definition) is 7. The summed E-state index contributed by atoms with van der Waals surface area (Å²) < 4.78 is 5.87. The lowest BCUT2D eigenvalue weighted by Gasteiger charge is -2.52. The van der Waals surface area contributed by atoms with Crippen LogP contribution in [-0.4, -0.2) is 69.1 Å². The highest BCUT2D eigenvalue weighted by atomic mass is 32.2. The van der Waals surface area contributed by atoms with Crippen molar-refractivity contribution in [3.8, 4) is 0 Å². The Labute approximate surface area is 254 Å². The van der Waals surface area contributed by atoms with Gasteiger partial charge in [-0.05, 0) is 68.9 Å². The number of allylic oxidation sites excluding steroid dienone is 3. The van der Waals surface area contributed by atoms with Crippen molar-refractivity contribution in [1.29, 1.82) is 0 Å². The molecule has 0 bridgehead atoms. The van der Waals surface area contributed by atoms with Gasteiger partial charge in [0.1, 0.15) is 24.1 Å². The SMILES string of the molecule is CCCC1CC2C[N+]([O-])(/C=C3\CC4C=C=CCC4O3)CCC2C(C)=C1C(C)NC1(C(=O)O)C[C@H]1NC(O)C1CC=CS1. The number of carbonyl (C=O) groups is 1. The number of hydroxylamine groups is 3. The number of ether oxygens (including phenoxy) is 1. The lowest BCUT2D eigenvalue weighted by molar-refractivity contribution is -0.841. The van der Waals surface area contributed by atoms with Crippen LogP contribution in [0.25, 0.3) is 0 Å². The van der Waals surface area contributed by atoms with Crippen LogP contribution in [0.3, 0.4) is 0 Å². The van der Waals surface area contributed by atoms with Crippen molar-refractivity contribution in [1.82, 2.24) is 10.6 Å². The molecule has 42 heavy (non-hydrogen) atoms. The number of thioether (sulfide) groups is 1. The van der Waals surface area contributed by atoms with Crippen LogP contribution in [0.1, 0.15) is 72.1 Å². The second-order valence-corrected chi connectivity index (χ2v) is 14.7. The molecule has 0 aromatic heterocycles. The maximum Gasteiger partial charge on any atom is 0.325 e. The number of aliphatic hydroxyl groups excluding tert-OH is 1. The summed E-state index contributed by atoms with van der Waals surface area (Å²) >= 11 is 1.59. The molecule has 3 aliphatic heterocycles. The zero-order valence-electron chi connectivity index (χ0n) is 25.1. The molecule has 3 aliphatic carbocycles. The van der Waals surface area contributed by atoms with Gasteiger partial charge >= 0.3 is 5.97 Å². The fourth-order valence-corrected chi connectivity index (χ4v) is 9.46. The number of hydrogen-bond donors (Lipinski definition) is 4. The van der Waals surface area contributed by atoms with E-state index in [2.05, 4.69) is 43.2 Å². The summed E-state index contributed by atoms with van der Waals surface area (Å²) in [6.07, 6.45) is 14.2. The number of aliphatic carboxylic acids is 1. The van der Waals surface area contributed by atoms with Crippen LogP contribution in [-0.2, 0) is 9.53 Å². The molecular formula is C33H47N3O5S. The number of piperidine rings is 1. The second-order valence-electron chi connectivity index (χ2n) is 13.6. The lowest BCUT2D eigenvalue weighted by atomic mass is 9.65. The Morgan fingerprint density at radius 3 is 2.95 bits per heavy atom. The predicted octanol–water partition coefficient (Wildman–Crippen LogP) is 4.94. The monoisotopic (exact) mass is 597 g/mol. The van der Waals surface area contributed by atoms with E-state index in [0.717, 1.165) is 50.7 Å². The number of likely N-dealkylation sites (tertiary alicyclic amines) is 1. The van der Waals surface area contributed by atoms with Crippen LogP contribution < -0.4 is 10.6 Å². The summed E-state index contributed by atoms with van der Waals surface area (Å²) in [5.41, 5.74) is 4.81. The third-order valence-electron chi connectivity index (χ3n) is 10.7. The standard InChI is InChI=1S/C33H47N3O5S/c1-4-8-23-15-24-18-36(40,19-25-16-22-9-5-6-10-27(22)41-25)13-12-26(24)20(2)30(23)21(3)35-33(32(38)39)17-29(33)34-31(37)28-11-7-14-42-28/h6-7,9,14,19,21-24,26-29,31,34-35,37H,4,8,10-13,15-18H2,1-3H3,(H,38,39)/b25-19+/t21?,22?,23?,24?,26?,27?,28?,29-,31?,33?,36?/m1/s1. The number of rotatable bonds is 10. The van der Waals surface area contributed by atoms with E-state index in [1.165, 1.54) is 11.1 Å². The Kier molecular flexibility index (Phi) is 8.57. The topological polar surface area (TPSA) is 114 Å². The van der Waals surface area contributed by atoms with Crippen molar-refractivity contribution in [2.75, 3.05) is 13.1 Å². The molecule has 0 spiro atoms. The van der Waals surface area contributed by atoms with E-state index in [4.69, 9.17) is 4.74 Å². The first-order chi connectivity index (χ1) is 20.1. The summed E-state index contributed by atoms with van der Waals surface area (Å²) in [7, 11) is 0. The number of quaternary nitrogens is 1. The highest BCUT2D eigenvalue weighted by Crippen LogP contribution is 2.48. The van der Waals surface area contributed by atoms with Gasteiger partial charge in [0.05, 0.1) is 18.3 Å². The molecule has 230 valence electrons. The first kappa shape index (κ1) is 30.2. The largest absolute Gasteiger partial charge is 0.628 e. The van der Waals surface area contributed by atoms with Crippen LogP contribution in [0.2, 0.25) is 0 Å². The van der Waals surface area contributed by atoms with Crippen LogP contribution in [0.4, 0.5) is 0 Å². The fourth-order valence-electron chi connectivity index (χ4n) is 8.59. The quantitative estimate of drug-likeness (QED) is 0.0922. The molecule has 3 fully saturated rings. The van der Waals surface area contributed by atoms with E-state index in [1.807, 2.05) is 23.8 Å². The molecule has 2 saturated heterocycles. The van der Waals surface area contributed by atoms with Crippen molar-refractivity contribution < 1.29 is 24.4 Å². The smallest absolute Gasteiger partial charge is 0.325 e. The molecule has 11 atom stereocenters. The molecule has 0 aromatic rings. The van der Waals surface area contributed by atoms with Crippen LogP contribution >= 0.6 is 11.8 Å². The zero-order chi connectivity index (χ0) is 29.6. The van der Waals surface area contributed by atoms with Crippen molar-refractivity contribution in [2.45, 2.75) is 107 Å². The van der Waals surface area contributed by atoms with E-state index in [9.17, 15) is 20.2 Å². The Morgan fingerprint density at radius 2 is 2.24 bits per heavy atom. The summed E-state index contributed by atoms with van der Waals surface area (Å²) in [4.78, 5) is 12.6. The highest BCUT2D eigenvalue weighted by Gasteiger charge is 2.62. The second kappa shape index (κ2) is 11.9. The molecule has 9 heteroatoms. The van der Waals surface area contributed by atoms with Gasteiger partial charge in [0, 0.05) is 43.2 Å². The third kappa shape index (κ3) is 5.82. The minimum Gasteiger partial charge on any atom is -0.628 e. The van der Waals surface area contributed by atoms with Gasteiger partial charge in [0.25, 0.3) is 0 Å². The molecule has 0 radical (unpaired) electrons. The number of fused-ring (bicyclic) bond motifs is 2. The summed E-state index contributed by atoms with van der Waals surface area (Å²) in [5.74, 6) is 1.28. The molecule has 6 aliphatic rings. The van der Waals surface area contributed by atoms with Gasteiger partial charge < -0.3 is 24.8 Å². The van der Waals surface area contributed by atoms with Crippen LogP contribution in [0.5, 0.6) is 0 Å². The molecular weight excluding hydrogens is 550 g/mol. The zero-order valence-corrected chi connectivity index (χ0v) is 25.9. The molecule has 10 unspecified atom stereocenters. The number of aliphatic hydroxyl groups is 1. The first-order valence-electron chi connectivity index (χ1n) is 16.0. The van der Waals surface area contributed by atoms with Crippen molar-refractivity contribution in [3.05, 3.63) is 57.7 Å². The van der Waals surface area contributed by atoms with Crippen molar-refractivity contribution in [3.63, 3.8) is 0 Å². The number of nitrogens with one attached hydrogen (secondary N) is 2. The van der Waals surface area contributed by atoms with Gasteiger partial charge in [-0.2, -0.15) is 0 Å². The maximum atomic E-state index is 14.0. The van der Waals surface area contributed by atoms with Crippen molar-refractivity contribution in [2.24, 2.45) is 23.7 Å². The van der Waals surface area contributed by atoms with E-state index in [0.29, 0.717) is 43.2 Å². The highest BCUT2D eigenvalue weighted by molar-refractivity contribution is 8.03. The van der Waals surface area contributed by atoms with E-state index in [-0.39, 0.29) is 28.1 Å². The van der Waals surface area contributed by atoms with Crippen LogP contribution in [0.15, 0.2) is 52.5 Å². The van der Waals surface area contributed by atoms with Gasteiger partial charge in [-0.25, -0.2) is 0 Å². The van der Waals surface area contributed by atoms with Gasteiger partial charge in [-0.3, -0.25) is 15.4 Å². The number of carboxylic acid groups (broad SMARTS) is 1.